The van der Waals surface area contributed by atoms with Crippen molar-refractivity contribution < 1.29 is 9.84 Å². The van der Waals surface area contributed by atoms with E-state index in [1.54, 1.807) is 10.9 Å². The largest absolute Gasteiger partial charge is 0.381 e. The summed E-state index contributed by atoms with van der Waals surface area (Å²) in [5, 5.41) is 14.4. The van der Waals surface area contributed by atoms with Crippen molar-refractivity contribution in [1.29, 1.82) is 0 Å². The van der Waals surface area contributed by atoms with E-state index in [1.165, 1.54) is 0 Å². The molecule has 4 nitrogen and oxygen atoms in total. The predicted molar refractivity (Wildman–Crippen MR) is 47.1 cm³/mol. The zero-order chi connectivity index (χ0) is 9.47. The zero-order valence-corrected chi connectivity index (χ0v) is 7.90. The Hall–Kier alpha value is -0.870. The number of ether oxygens (including phenoxy) is 1. The van der Waals surface area contributed by atoms with E-state index in [0.717, 1.165) is 5.69 Å². The standard InChI is InChI=1S/C9H14N2O2/c1-7-9(12,4-6-13-7)8-3-5-10-11(8)2/h3,5,7,12H,4,6H2,1-2H3. The third-order valence-corrected chi connectivity index (χ3v) is 2.79. The van der Waals surface area contributed by atoms with Gasteiger partial charge in [-0.25, -0.2) is 0 Å². The number of aliphatic hydroxyl groups is 1. The minimum absolute atomic E-state index is 0.150. The van der Waals surface area contributed by atoms with Crippen LogP contribution in [0.2, 0.25) is 0 Å². The molecule has 0 aliphatic carbocycles. The Morgan fingerprint density at radius 2 is 2.54 bits per heavy atom. The molecule has 1 aliphatic rings. The van der Waals surface area contributed by atoms with Crippen LogP contribution in [0.5, 0.6) is 0 Å². The maximum atomic E-state index is 10.3. The van der Waals surface area contributed by atoms with E-state index in [1.807, 2.05) is 20.0 Å². The van der Waals surface area contributed by atoms with Crippen molar-refractivity contribution in [1.82, 2.24) is 9.78 Å². The van der Waals surface area contributed by atoms with Crippen molar-refractivity contribution >= 4 is 0 Å². The first-order valence-electron chi connectivity index (χ1n) is 4.47. The molecular formula is C9H14N2O2. The summed E-state index contributed by atoms with van der Waals surface area (Å²) in [5.74, 6) is 0. The Morgan fingerprint density at radius 1 is 1.77 bits per heavy atom. The fourth-order valence-electron chi connectivity index (χ4n) is 1.87. The summed E-state index contributed by atoms with van der Waals surface area (Å²) in [5.41, 5.74) is -0.0249. The maximum absolute atomic E-state index is 10.3. The molecule has 2 heterocycles. The molecule has 4 heteroatoms. The lowest BCUT2D eigenvalue weighted by molar-refractivity contribution is -0.0371. The van der Waals surface area contributed by atoms with Gasteiger partial charge in [-0.3, -0.25) is 4.68 Å². The minimum Gasteiger partial charge on any atom is -0.381 e. The van der Waals surface area contributed by atoms with E-state index in [2.05, 4.69) is 5.10 Å². The van der Waals surface area contributed by atoms with Crippen LogP contribution in [0.3, 0.4) is 0 Å². The van der Waals surface area contributed by atoms with Crippen LogP contribution in [0.4, 0.5) is 0 Å². The molecule has 0 amide bonds. The van der Waals surface area contributed by atoms with Gasteiger partial charge < -0.3 is 9.84 Å². The molecule has 2 rings (SSSR count). The second-order valence-electron chi connectivity index (χ2n) is 3.53. The molecule has 2 unspecified atom stereocenters. The monoisotopic (exact) mass is 182 g/mol. The van der Waals surface area contributed by atoms with Crippen LogP contribution in [-0.4, -0.2) is 27.6 Å². The molecular weight excluding hydrogens is 168 g/mol. The third kappa shape index (κ3) is 1.17. The van der Waals surface area contributed by atoms with Crippen LogP contribution in [-0.2, 0) is 17.4 Å². The van der Waals surface area contributed by atoms with E-state index in [-0.39, 0.29) is 6.10 Å². The Morgan fingerprint density at radius 3 is 3.00 bits per heavy atom. The topological polar surface area (TPSA) is 47.3 Å². The van der Waals surface area contributed by atoms with Crippen LogP contribution in [0, 0.1) is 0 Å². The van der Waals surface area contributed by atoms with Crippen molar-refractivity contribution in [3.05, 3.63) is 18.0 Å². The van der Waals surface area contributed by atoms with Gasteiger partial charge in [-0.2, -0.15) is 5.10 Å². The lowest BCUT2D eigenvalue weighted by Crippen LogP contribution is -2.35. The SMILES string of the molecule is CC1OCCC1(O)c1ccnn1C. The van der Waals surface area contributed by atoms with Crippen LogP contribution < -0.4 is 0 Å². The van der Waals surface area contributed by atoms with Crippen LogP contribution in [0.15, 0.2) is 12.3 Å². The summed E-state index contributed by atoms with van der Waals surface area (Å²) in [6.07, 6.45) is 2.19. The normalized spacial score (nSPS) is 33.9. The summed E-state index contributed by atoms with van der Waals surface area (Å²) in [6.45, 7) is 2.50. The fourth-order valence-corrected chi connectivity index (χ4v) is 1.87. The molecule has 0 radical (unpaired) electrons. The summed E-state index contributed by atoms with van der Waals surface area (Å²) in [7, 11) is 1.83. The Balaban J connectivity index is 2.39. The molecule has 0 aromatic carbocycles. The quantitative estimate of drug-likeness (QED) is 0.684. The first kappa shape index (κ1) is 8.72. The summed E-state index contributed by atoms with van der Waals surface area (Å²) in [6, 6.07) is 1.84. The average molecular weight is 182 g/mol. The van der Waals surface area contributed by atoms with Crippen molar-refractivity contribution in [3.8, 4) is 0 Å². The third-order valence-electron chi connectivity index (χ3n) is 2.79. The van der Waals surface area contributed by atoms with Gasteiger partial charge in [0.05, 0.1) is 18.4 Å². The minimum atomic E-state index is -0.856. The van der Waals surface area contributed by atoms with Crippen LogP contribution in [0.25, 0.3) is 0 Å². The van der Waals surface area contributed by atoms with E-state index in [0.29, 0.717) is 13.0 Å². The smallest absolute Gasteiger partial charge is 0.134 e. The van der Waals surface area contributed by atoms with Gasteiger partial charge in [-0.1, -0.05) is 0 Å². The highest BCUT2D eigenvalue weighted by Crippen LogP contribution is 2.34. The van der Waals surface area contributed by atoms with E-state index >= 15 is 0 Å². The molecule has 72 valence electrons. The van der Waals surface area contributed by atoms with Crippen LogP contribution >= 0.6 is 0 Å². The molecule has 0 bridgehead atoms. The Kier molecular flexibility index (Phi) is 1.89. The molecule has 0 spiro atoms. The number of aromatic nitrogens is 2. The maximum Gasteiger partial charge on any atom is 0.134 e. The summed E-state index contributed by atoms with van der Waals surface area (Å²) >= 11 is 0. The molecule has 0 saturated carbocycles. The predicted octanol–water partition coefficient (Wildman–Crippen LogP) is 0.417. The molecule has 1 aliphatic heterocycles. The number of hydrogen-bond acceptors (Lipinski definition) is 3. The van der Waals surface area contributed by atoms with Gasteiger partial charge in [0.25, 0.3) is 0 Å². The summed E-state index contributed by atoms with van der Waals surface area (Å²) in [4.78, 5) is 0. The van der Waals surface area contributed by atoms with E-state index in [4.69, 9.17) is 4.74 Å². The second kappa shape index (κ2) is 2.82. The van der Waals surface area contributed by atoms with Crippen molar-refractivity contribution in [3.63, 3.8) is 0 Å². The summed E-state index contributed by atoms with van der Waals surface area (Å²) < 4.78 is 7.06. The number of aryl methyl sites for hydroxylation is 1. The first-order valence-corrected chi connectivity index (χ1v) is 4.47. The lowest BCUT2D eigenvalue weighted by atomic mass is 9.93. The number of rotatable bonds is 1. The Labute approximate surface area is 77.1 Å². The highest BCUT2D eigenvalue weighted by molar-refractivity contribution is 5.15. The lowest BCUT2D eigenvalue weighted by Gasteiger charge is -2.25. The van der Waals surface area contributed by atoms with Gasteiger partial charge in [-0.15, -0.1) is 0 Å². The number of nitrogens with zero attached hydrogens (tertiary/aromatic N) is 2. The molecule has 1 aromatic heterocycles. The van der Waals surface area contributed by atoms with Crippen molar-refractivity contribution in [2.45, 2.75) is 25.0 Å². The highest BCUT2D eigenvalue weighted by atomic mass is 16.5. The molecule has 1 saturated heterocycles. The molecule has 1 N–H and O–H groups in total. The number of hydrogen-bond donors (Lipinski definition) is 1. The molecule has 1 aromatic rings. The second-order valence-corrected chi connectivity index (χ2v) is 3.53. The van der Waals surface area contributed by atoms with Crippen molar-refractivity contribution in [2.75, 3.05) is 6.61 Å². The first-order chi connectivity index (χ1) is 6.14. The van der Waals surface area contributed by atoms with Gasteiger partial charge in [0.1, 0.15) is 5.60 Å². The van der Waals surface area contributed by atoms with Gasteiger partial charge >= 0.3 is 0 Å². The average Bonchev–Trinajstić information content (AvgIpc) is 2.62. The van der Waals surface area contributed by atoms with Gasteiger partial charge in [-0.05, 0) is 13.0 Å². The van der Waals surface area contributed by atoms with Gasteiger partial charge in [0.15, 0.2) is 0 Å². The zero-order valence-electron chi connectivity index (χ0n) is 7.90. The van der Waals surface area contributed by atoms with Gasteiger partial charge in [0, 0.05) is 19.7 Å². The molecule has 1 fully saturated rings. The molecule has 13 heavy (non-hydrogen) atoms. The molecule has 2 atom stereocenters. The highest BCUT2D eigenvalue weighted by Gasteiger charge is 2.43. The van der Waals surface area contributed by atoms with Crippen molar-refractivity contribution in [2.24, 2.45) is 7.05 Å². The van der Waals surface area contributed by atoms with E-state index in [9.17, 15) is 5.11 Å². The van der Waals surface area contributed by atoms with Gasteiger partial charge in [0.2, 0.25) is 0 Å². The van der Waals surface area contributed by atoms with Crippen LogP contribution in [0.1, 0.15) is 19.0 Å². The van der Waals surface area contributed by atoms with E-state index < -0.39 is 5.60 Å². The fraction of sp³-hybridized carbons (Fsp3) is 0.667. The Bertz CT molecular complexity index is 310.